The van der Waals surface area contributed by atoms with E-state index < -0.39 is 0 Å². The molecule has 136 valence electrons. The maximum absolute atomic E-state index is 13.0. The molecule has 1 saturated heterocycles. The van der Waals surface area contributed by atoms with Crippen LogP contribution >= 0.6 is 11.3 Å². The highest BCUT2D eigenvalue weighted by molar-refractivity contribution is 7.11. The van der Waals surface area contributed by atoms with Crippen molar-refractivity contribution in [1.82, 2.24) is 9.80 Å². The minimum atomic E-state index is -0.155. The fraction of sp³-hybridized carbons (Fsp3) is 0.579. The summed E-state index contributed by atoms with van der Waals surface area (Å²) in [7, 11) is 0. The zero-order valence-corrected chi connectivity index (χ0v) is 15.8. The van der Waals surface area contributed by atoms with Gasteiger partial charge in [0, 0.05) is 31.1 Å². The number of hydrogen-bond donors (Lipinski definition) is 0. The van der Waals surface area contributed by atoms with Gasteiger partial charge < -0.3 is 9.64 Å². The number of rotatable bonds is 7. The zero-order valence-electron chi connectivity index (χ0n) is 15.0. The number of nitrogens with zero attached hydrogens (tertiary/aromatic N) is 2. The van der Waals surface area contributed by atoms with Gasteiger partial charge in [0.05, 0.1) is 11.7 Å². The van der Waals surface area contributed by atoms with Crippen LogP contribution in [-0.4, -0.2) is 54.0 Å². The van der Waals surface area contributed by atoms with E-state index in [4.69, 9.17) is 4.74 Å². The number of imide groups is 1. The molecule has 0 unspecified atom stereocenters. The predicted molar refractivity (Wildman–Crippen MR) is 99.1 cm³/mol. The molecule has 0 saturated carbocycles. The summed E-state index contributed by atoms with van der Waals surface area (Å²) in [6, 6.07) is 3.86. The van der Waals surface area contributed by atoms with Gasteiger partial charge in [-0.05, 0) is 51.0 Å². The second kappa shape index (κ2) is 8.15. The molecular formula is C19H26N2O3S. The Balaban J connectivity index is 1.80. The zero-order chi connectivity index (χ0) is 17.8. The van der Waals surface area contributed by atoms with E-state index in [2.05, 4.69) is 4.90 Å². The molecule has 3 heterocycles. The van der Waals surface area contributed by atoms with E-state index in [9.17, 15) is 9.59 Å². The second-order valence-electron chi connectivity index (χ2n) is 6.78. The number of hydrogen-bond acceptors (Lipinski definition) is 5. The summed E-state index contributed by atoms with van der Waals surface area (Å²) in [5.41, 5.74) is 1.20. The maximum Gasteiger partial charge on any atom is 0.277 e. The number of carbonyl (C=O) groups is 2. The van der Waals surface area contributed by atoms with Gasteiger partial charge in [-0.1, -0.05) is 6.07 Å². The molecule has 2 aliphatic rings. The number of likely N-dealkylation sites (tertiary alicyclic amines) is 1. The Bertz CT molecular complexity index is 646. The molecule has 6 heteroatoms. The molecule has 1 fully saturated rings. The number of amides is 2. The molecule has 2 aliphatic heterocycles. The molecule has 2 amide bonds. The van der Waals surface area contributed by atoms with Crippen molar-refractivity contribution in [2.24, 2.45) is 0 Å². The quantitative estimate of drug-likeness (QED) is 0.552. The van der Waals surface area contributed by atoms with Crippen LogP contribution in [0.25, 0.3) is 5.57 Å². The largest absolute Gasteiger partial charge is 0.379 e. The Hall–Kier alpha value is -1.66. The van der Waals surface area contributed by atoms with E-state index in [1.807, 2.05) is 31.4 Å². The van der Waals surface area contributed by atoms with E-state index >= 15 is 0 Å². The van der Waals surface area contributed by atoms with Crippen LogP contribution < -0.4 is 0 Å². The van der Waals surface area contributed by atoms with Crippen LogP contribution in [0.15, 0.2) is 23.2 Å². The van der Waals surface area contributed by atoms with Crippen LogP contribution in [0.1, 0.15) is 44.4 Å². The lowest BCUT2D eigenvalue weighted by molar-refractivity contribution is -0.137. The van der Waals surface area contributed by atoms with Crippen LogP contribution in [0.4, 0.5) is 0 Å². The van der Waals surface area contributed by atoms with E-state index in [-0.39, 0.29) is 17.9 Å². The standard InChI is InChI=1S/C19H26N2O3S/c1-14(2)24-12-7-11-21-18(22)16(15-8-6-13-25-15)17(19(21)23)20-9-4-3-5-10-20/h6,8,13-14H,3-5,7,9-12H2,1-2H3. The molecule has 0 atom stereocenters. The molecule has 5 nitrogen and oxygen atoms in total. The van der Waals surface area contributed by atoms with Crippen LogP contribution in [0.3, 0.4) is 0 Å². The third-order valence-electron chi connectivity index (χ3n) is 4.56. The van der Waals surface area contributed by atoms with Gasteiger partial charge in [0.1, 0.15) is 5.70 Å². The first-order valence-corrected chi connectivity index (χ1v) is 9.98. The Kier molecular flexibility index (Phi) is 5.91. The summed E-state index contributed by atoms with van der Waals surface area (Å²) < 4.78 is 5.54. The van der Waals surface area contributed by atoms with Gasteiger partial charge >= 0.3 is 0 Å². The SMILES string of the molecule is CC(C)OCCCN1C(=O)C(c2cccs2)=C(N2CCCCC2)C1=O. The first-order chi connectivity index (χ1) is 12.1. The lowest BCUT2D eigenvalue weighted by Crippen LogP contribution is -2.38. The summed E-state index contributed by atoms with van der Waals surface area (Å²) in [5.74, 6) is -0.294. The van der Waals surface area contributed by atoms with E-state index in [0.717, 1.165) is 30.8 Å². The Morgan fingerprint density at radius 3 is 2.56 bits per heavy atom. The average molecular weight is 362 g/mol. The van der Waals surface area contributed by atoms with Gasteiger partial charge in [-0.2, -0.15) is 0 Å². The van der Waals surface area contributed by atoms with Crippen molar-refractivity contribution in [3.8, 4) is 0 Å². The molecule has 0 aliphatic carbocycles. The normalized spacial score (nSPS) is 18.8. The number of carbonyl (C=O) groups excluding carboxylic acids is 2. The first-order valence-electron chi connectivity index (χ1n) is 9.10. The summed E-state index contributed by atoms with van der Waals surface area (Å²) in [6.45, 7) is 6.65. The van der Waals surface area contributed by atoms with E-state index in [0.29, 0.717) is 30.8 Å². The van der Waals surface area contributed by atoms with Crippen molar-refractivity contribution in [1.29, 1.82) is 0 Å². The van der Waals surface area contributed by atoms with Crippen molar-refractivity contribution in [3.05, 3.63) is 28.1 Å². The molecule has 0 spiro atoms. The number of ether oxygens (including phenoxy) is 1. The van der Waals surface area contributed by atoms with Crippen LogP contribution in [-0.2, 0) is 14.3 Å². The molecule has 3 rings (SSSR count). The van der Waals surface area contributed by atoms with Gasteiger partial charge in [0.2, 0.25) is 0 Å². The van der Waals surface area contributed by atoms with Crippen LogP contribution in [0, 0.1) is 0 Å². The van der Waals surface area contributed by atoms with Gasteiger partial charge in [0.15, 0.2) is 0 Å². The molecule has 0 radical (unpaired) electrons. The van der Waals surface area contributed by atoms with E-state index in [1.165, 1.54) is 22.7 Å². The third kappa shape index (κ3) is 3.96. The van der Waals surface area contributed by atoms with Gasteiger partial charge in [-0.25, -0.2) is 0 Å². The second-order valence-corrected chi connectivity index (χ2v) is 7.73. The summed E-state index contributed by atoms with van der Waals surface area (Å²) in [5, 5.41) is 1.95. The molecule has 0 bridgehead atoms. The minimum Gasteiger partial charge on any atom is -0.379 e. The molecule has 25 heavy (non-hydrogen) atoms. The third-order valence-corrected chi connectivity index (χ3v) is 5.45. The van der Waals surface area contributed by atoms with Crippen molar-refractivity contribution < 1.29 is 14.3 Å². The predicted octanol–water partition coefficient (Wildman–Crippen LogP) is 3.13. The molecule has 0 N–H and O–H groups in total. The van der Waals surface area contributed by atoms with Crippen molar-refractivity contribution in [3.63, 3.8) is 0 Å². The van der Waals surface area contributed by atoms with Crippen molar-refractivity contribution in [2.45, 2.75) is 45.6 Å². The Morgan fingerprint density at radius 2 is 1.92 bits per heavy atom. The molecular weight excluding hydrogens is 336 g/mol. The van der Waals surface area contributed by atoms with Crippen LogP contribution in [0.2, 0.25) is 0 Å². The monoisotopic (exact) mass is 362 g/mol. The average Bonchev–Trinajstić information content (AvgIpc) is 3.20. The summed E-state index contributed by atoms with van der Waals surface area (Å²) in [6.07, 6.45) is 4.17. The molecule has 1 aromatic rings. The van der Waals surface area contributed by atoms with Gasteiger partial charge in [-0.15, -0.1) is 11.3 Å². The highest BCUT2D eigenvalue weighted by atomic mass is 32.1. The minimum absolute atomic E-state index is 0.139. The van der Waals surface area contributed by atoms with Gasteiger partial charge in [0.25, 0.3) is 11.8 Å². The molecule has 0 aromatic carbocycles. The lowest BCUT2D eigenvalue weighted by Gasteiger charge is -2.29. The Labute approximate surface area is 153 Å². The van der Waals surface area contributed by atoms with Gasteiger partial charge in [-0.3, -0.25) is 14.5 Å². The summed E-state index contributed by atoms with van der Waals surface area (Å²) in [4.78, 5) is 30.4. The Morgan fingerprint density at radius 1 is 1.16 bits per heavy atom. The maximum atomic E-state index is 13.0. The molecule has 1 aromatic heterocycles. The first kappa shape index (κ1) is 18.1. The smallest absolute Gasteiger partial charge is 0.277 e. The lowest BCUT2D eigenvalue weighted by atomic mass is 10.1. The highest BCUT2D eigenvalue weighted by Crippen LogP contribution is 2.35. The topological polar surface area (TPSA) is 49.9 Å². The van der Waals surface area contributed by atoms with E-state index in [1.54, 1.807) is 0 Å². The summed E-state index contributed by atoms with van der Waals surface area (Å²) >= 11 is 1.52. The number of thiophene rings is 1. The van der Waals surface area contributed by atoms with Crippen LogP contribution in [0.5, 0.6) is 0 Å². The van der Waals surface area contributed by atoms with Crippen molar-refractivity contribution in [2.75, 3.05) is 26.2 Å². The fourth-order valence-corrected chi connectivity index (χ4v) is 4.12. The fourth-order valence-electron chi connectivity index (χ4n) is 3.36. The number of piperidine rings is 1. The highest BCUT2D eigenvalue weighted by Gasteiger charge is 2.41. The van der Waals surface area contributed by atoms with Crippen molar-refractivity contribution >= 4 is 28.7 Å².